The second kappa shape index (κ2) is 7.80. The third-order valence-electron chi connectivity index (χ3n) is 6.17. The molecule has 1 aromatic heterocycles. The van der Waals surface area contributed by atoms with Gasteiger partial charge in [0.05, 0.1) is 11.1 Å². The molecule has 2 N–H and O–H groups in total. The molecule has 1 saturated heterocycles. The Morgan fingerprint density at radius 3 is 2.34 bits per heavy atom. The van der Waals surface area contributed by atoms with Crippen LogP contribution in [0, 0.1) is 13.8 Å². The fraction of sp³-hybridized carbons (Fsp3) is 0.280. The Kier molecular flexibility index (Phi) is 5.20. The Balaban J connectivity index is 2.00. The van der Waals surface area contributed by atoms with E-state index in [1.165, 1.54) is 5.56 Å². The van der Waals surface area contributed by atoms with Crippen molar-refractivity contribution in [3.05, 3.63) is 100 Å². The highest BCUT2D eigenvalue weighted by Crippen LogP contribution is 2.42. The van der Waals surface area contributed by atoms with Crippen molar-refractivity contribution in [3.63, 3.8) is 0 Å². The van der Waals surface area contributed by atoms with Crippen molar-refractivity contribution < 1.29 is 5.21 Å². The second-order valence-corrected chi connectivity index (χ2v) is 7.91. The molecule has 4 nitrogen and oxygen atoms in total. The quantitative estimate of drug-likeness (QED) is 0.384. The van der Waals surface area contributed by atoms with Gasteiger partial charge < -0.3 is 10.5 Å². The number of hydrogen-bond acceptors (Lipinski definition) is 4. The Morgan fingerprint density at radius 1 is 1.03 bits per heavy atom. The van der Waals surface area contributed by atoms with Crippen LogP contribution in [0.3, 0.4) is 0 Å². The molecule has 4 rings (SSSR count). The van der Waals surface area contributed by atoms with Crippen molar-refractivity contribution in [1.29, 1.82) is 0 Å². The van der Waals surface area contributed by atoms with Crippen LogP contribution in [-0.4, -0.2) is 29.0 Å². The van der Waals surface area contributed by atoms with E-state index in [0.29, 0.717) is 11.6 Å². The fourth-order valence-corrected chi connectivity index (χ4v) is 4.47. The third-order valence-corrected chi connectivity index (χ3v) is 6.17. The molecule has 0 aliphatic carbocycles. The second-order valence-electron chi connectivity index (χ2n) is 7.91. The van der Waals surface area contributed by atoms with Crippen LogP contribution in [0.15, 0.2) is 72.0 Å². The average molecular weight is 386 g/mol. The summed E-state index contributed by atoms with van der Waals surface area (Å²) in [6.45, 7) is 8.05. The molecule has 0 radical (unpaired) electrons. The highest BCUT2D eigenvalue weighted by molar-refractivity contribution is 6.00. The molecule has 148 valence electrons. The molecular formula is C25H27N3O. The van der Waals surface area contributed by atoms with Gasteiger partial charge in [-0.2, -0.15) is 0 Å². The van der Waals surface area contributed by atoms with E-state index in [4.69, 9.17) is 0 Å². The van der Waals surface area contributed by atoms with Crippen molar-refractivity contribution >= 4 is 5.71 Å². The van der Waals surface area contributed by atoms with E-state index in [0.717, 1.165) is 41.0 Å². The van der Waals surface area contributed by atoms with E-state index in [9.17, 15) is 5.21 Å². The molecule has 29 heavy (non-hydrogen) atoms. The number of nitrogens with zero attached hydrogens (tertiary/aromatic N) is 2. The van der Waals surface area contributed by atoms with E-state index in [2.05, 4.69) is 64.8 Å². The normalized spacial score (nSPS) is 16.9. The maximum absolute atomic E-state index is 9.97. The Morgan fingerprint density at radius 2 is 1.76 bits per heavy atom. The van der Waals surface area contributed by atoms with Crippen LogP contribution < -0.4 is 5.32 Å². The summed E-state index contributed by atoms with van der Waals surface area (Å²) in [5, 5.41) is 17.0. The first-order chi connectivity index (χ1) is 14.1. The van der Waals surface area contributed by atoms with Gasteiger partial charge in [-0.1, -0.05) is 53.7 Å². The minimum atomic E-state index is -0.690. The Bertz CT molecular complexity index is 1040. The predicted octanol–water partition coefficient (Wildman–Crippen LogP) is 4.57. The molecule has 1 atom stereocenters. The molecule has 0 bridgehead atoms. The van der Waals surface area contributed by atoms with Gasteiger partial charge in [0.25, 0.3) is 0 Å². The smallest absolute Gasteiger partial charge is 0.0868 e. The number of nitrogens with one attached hydrogen (secondary N) is 1. The maximum Gasteiger partial charge on any atom is 0.0868 e. The van der Waals surface area contributed by atoms with Crippen molar-refractivity contribution in [2.24, 2.45) is 5.16 Å². The van der Waals surface area contributed by atoms with E-state index in [1.807, 2.05) is 38.2 Å². The fourth-order valence-electron chi connectivity index (χ4n) is 4.47. The van der Waals surface area contributed by atoms with Crippen LogP contribution in [0.1, 0.15) is 46.4 Å². The van der Waals surface area contributed by atoms with Crippen LogP contribution in [0.5, 0.6) is 0 Å². The summed E-state index contributed by atoms with van der Waals surface area (Å²) in [6.07, 6.45) is 1.83. The number of benzene rings is 2. The monoisotopic (exact) mass is 385 g/mol. The van der Waals surface area contributed by atoms with Gasteiger partial charge >= 0.3 is 0 Å². The van der Waals surface area contributed by atoms with Crippen molar-refractivity contribution in [2.45, 2.75) is 32.1 Å². The van der Waals surface area contributed by atoms with E-state index < -0.39 is 5.41 Å². The maximum atomic E-state index is 9.97. The summed E-state index contributed by atoms with van der Waals surface area (Å²) in [4.78, 5) is 4.39. The van der Waals surface area contributed by atoms with Gasteiger partial charge in [0.15, 0.2) is 0 Å². The SMILES string of the molecule is C/C(=N/O)[C@](c1ccc(C2CNC2)cc1)(c1ccnc(C)c1)c1ccccc1C. The largest absolute Gasteiger partial charge is 0.411 e. The van der Waals surface area contributed by atoms with Gasteiger partial charge in [0, 0.05) is 30.9 Å². The molecular weight excluding hydrogens is 358 g/mol. The molecule has 0 unspecified atom stereocenters. The van der Waals surface area contributed by atoms with Crippen molar-refractivity contribution in [1.82, 2.24) is 10.3 Å². The van der Waals surface area contributed by atoms with Gasteiger partial charge in [-0.25, -0.2) is 0 Å². The minimum absolute atomic E-state index is 0.577. The first-order valence-electron chi connectivity index (χ1n) is 10.1. The van der Waals surface area contributed by atoms with Crippen molar-refractivity contribution in [3.8, 4) is 0 Å². The highest BCUT2D eigenvalue weighted by atomic mass is 16.4. The highest BCUT2D eigenvalue weighted by Gasteiger charge is 2.41. The Hall–Kier alpha value is -2.98. The van der Waals surface area contributed by atoms with Gasteiger partial charge in [0.1, 0.15) is 0 Å². The lowest BCUT2D eigenvalue weighted by Gasteiger charge is -2.37. The third kappa shape index (κ3) is 3.23. The minimum Gasteiger partial charge on any atom is -0.411 e. The van der Waals surface area contributed by atoms with Gasteiger partial charge in [-0.3, -0.25) is 4.98 Å². The summed E-state index contributed by atoms with van der Waals surface area (Å²) in [5.74, 6) is 0.577. The summed E-state index contributed by atoms with van der Waals surface area (Å²) in [7, 11) is 0. The first kappa shape index (κ1) is 19.3. The Labute approximate surface area is 172 Å². The molecule has 3 aromatic rings. The molecule has 2 aromatic carbocycles. The van der Waals surface area contributed by atoms with E-state index >= 15 is 0 Å². The lowest BCUT2D eigenvalue weighted by atomic mass is 9.65. The summed E-state index contributed by atoms with van der Waals surface area (Å²) < 4.78 is 0. The summed E-state index contributed by atoms with van der Waals surface area (Å²) >= 11 is 0. The van der Waals surface area contributed by atoms with Crippen LogP contribution >= 0.6 is 0 Å². The zero-order valence-corrected chi connectivity index (χ0v) is 17.2. The molecule has 2 heterocycles. The number of rotatable bonds is 5. The number of oxime groups is 1. The number of pyridine rings is 1. The van der Waals surface area contributed by atoms with Crippen LogP contribution in [0.4, 0.5) is 0 Å². The molecule has 1 fully saturated rings. The topological polar surface area (TPSA) is 57.5 Å². The van der Waals surface area contributed by atoms with Crippen LogP contribution in [0.25, 0.3) is 0 Å². The van der Waals surface area contributed by atoms with Gasteiger partial charge in [-0.15, -0.1) is 0 Å². The van der Waals surface area contributed by atoms with Gasteiger partial charge in [-0.05, 0) is 60.7 Å². The van der Waals surface area contributed by atoms with Crippen molar-refractivity contribution in [2.75, 3.05) is 13.1 Å². The molecule has 0 spiro atoms. The number of aryl methyl sites for hydroxylation is 2. The first-order valence-corrected chi connectivity index (χ1v) is 10.1. The average Bonchev–Trinajstić information content (AvgIpc) is 2.69. The molecule has 0 saturated carbocycles. The van der Waals surface area contributed by atoms with E-state index in [1.54, 1.807) is 0 Å². The summed E-state index contributed by atoms with van der Waals surface area (Å²) in [6, 6.07) is 21.2. The van der Waals surface area contributed by atoms with Crippen LogP contribution in [0.2, 0.25) is 0 Å². The lowest BCUT2D eigenvalue weighted by molar-refractivity contribution is 0.315. The molecule has 0 amide bonds. The standard InChI is InChI=1S/C25H27N3O/c1-17-6-4-5-7-24(17)25(19(3)28-29,23-12-13-27-18(2)14-23)22-10-8-20(9-11-22)21-15-26-16-21/h4-14,21,26,29H,15-16H2,1-3H3/b28-19-/t25-/m0/s1. The predicted molar refractivity (Wildman–Crippen MR) is 117 cm³/mol. The summed E-state index contributed by atoms with van der Waals surface area (Å²) in [5.41, 5.74) is 6.62. The number of aromatic nitrogens is 1. The zero-order chi connectivity index (χ0) is 20.4. The number of hydrogen-bond donors (Lipinski definition) is 2. The lowest BCUT2D eigenvalue weighted by Crippen LogP contribution is -2.40. The molecule has 1 aliphatic rings. The molecule has 1 aliphatic heterocycles. The van der Waals surface area contributed by atoms with Crippen LogP contribution in [-0.2, 0) is 5.41 Å². The van der Waals surface area contributed by atoms with Gasteiger partial charge in [0.2, 0.25) is 0 Å². The zero-order valence-electron chi connectivity index (χ0n) is 17.2. The van der Waals surface area contributed by atoms with E-state index in [-0.39, 0.29) is 0 Å². The molecule has 4 heteroatoms.